The number of aliphatic imine (C=N–C) groups is 1. The van der Waals surface area contributed by atoms with Gasteiger partial charge in [-0.25, -0.2) is 0 Å². The van der Waals surface area contributed by atoms with E-state index in [2.05, 4.69) is 45.2 Å². The summed E-state index contributed by atoms with van der Waals surface area (Å²) in [7, 11) is 1.69. The van der Waals surface area contributed by atoms with Gasteiger partial charge >= 0.3 is 0 Å². The number of hydrogen-bond acceptors (Lipinski definition) is 2. The predicted octanol–water partition coefficient (Wildman–Crippen LogP) is 3.04. The van der Waals surface area contributed by atoms with Crippen molar-refractivity contribution in [1.29, 1.82) is 0 Å². The zero-order valence-corrected chi connectivity index (χ0v) is 17.5. The van der Waals surface area contributed by atoms with E-state index in [-0.39, 0.29) is 42.0 Å². The SMILES string of the molecule is CN=C(NCC(=O)NC(C)(C)C)NCc1cccc2ccccc12.I. The van der Waals surface area contributed by atoms with E-state index >= 15 is 0 Å². The maximum absolute atomic E-state index is 11.9. The van der Waals surface area contributed by atoms with Crippen LogP contribution >= 0.6 is 24.0 Å². The first-order valence-electron chi connectivity index (χ1n) is 8.11. The Morgan fingerprint density at radius 1 is 1.04 bits per heavy atom. The van der Waals surface area contributed by atoms with Gasteiger partial charge in [0.1, 0.15) is 0 Å². The Hall–Kier alpha value is -1.83. The molecule has 25 heavy (non-hydrogen) atoms. The van der Waals surface area contributed by atoms with E-state index in [1.807, 2.05) is 39.0 Å². The molecule has 0 bridgehead atoms. The molecule has 5 nitrogen and oxygen atoms in total. The molecule has 0 atom stereocenters. The zero-order valence-electron chi connectivity index (χ0n) is 15.2. The quantitative estimate of drug-likeness (QED) is 0.378. The van der Waals surface area contributed by atoms with Crippen LogP contribution in [0.4, 0.5) is 0 Å². The molecule has 0 radical (unpaired) electrons. The average Bonchev–Trinajstić information content (AvgIpc) is 2.53. The van der Waals surface area contributed by atoms with Crippen molar-refractivity contribution in [2.75, 3.05) is 13.6 Å². The molecule has 0 aliphatic carbocycles. The smallest absolute Gasteiger partial charge is 0.239 e. The molecule has 0 aliphatic rings. The lowest BCUT2D eigenvalue weighted by molar-refractivity contribution is -0.121. The van der Waals surface area contributed by atoms with Crippen LogP contribution < -0.4 is 16.0 Å². The van der Waals surface area contributed by atoms with Crippen molar-refractivity contribution in [1.82, 2.24) is 16.0 Å². The summed E-state index contributed by atoms with van der Waals surface area (Å²) in [5, 5.41) is 11.6. The van der Waals surface area contributed by atoms with Crippen molar-refractivity contribution in [3.8, 4) is 0 Å². The number of rotatable bonds is 4. The lowest BCUT2D eigenvalue weighted by Gasteiger charge is -2.21. The summed E-state index contributed by atoms with van der Waals surface area (Å²) < 4.78 is 0. The fraction of sp³-hybridized carbons (Fsp3) is 0.368. The molecule has 1 amide bonds. The number of amides is 1. The van der Waals surface area contributed by atoms with Gasteiger partial charge in [-0.1, -0.05) is 42.5 Å². The van der Waals surface area contributed by atoms with Gasteiger partial charge < -0.3 is 16.0 Å². The Bertz CT molecular complexity index is 732. The largest absolute Gasteiger partial charge is 0.352 e. The zero-order chi connectivity index (χ0) is 17.6. The van der Waals surface area contributed by atoms with E-state index in [0.29, 0.717) is 12.5 Å². The van der Waals surface area contributed by atoms with Crippen molar-refractivity contribution in [2.24, 2.45) is 4.99 Å². The van der Waals surface area contributed by atoms with Gasteiger partial charge in [-0.05, 0) is 37.1 Å². The molecule has 0 unspecified atom stereocenters. The third kappa shape index (κ3) is 6.89. The number of nitrogens with one attached hydrogen (secondary N) is 3. The third-order valence-electron chi connectivity index (χ3n) is 3.48. The summed E-state index contributed by atoms with van der Waals surface area (Å²) in [6.45, 7) is 6.70. The van der Waals surface area contributed by atoms with E-state index in [4.69, 9.17) is 0 Å². The molecule has 3 N–H and O–H groups in total. The van der Waals surface area contributed by atoms with Gasteiger partial charge in [0.05, 0.1) is 6.54 Å². The molecular weight excluding hydrogens is 427 g/mol. The van der Waals surface area contributed by atoms with Crippen LogP contribution in [0, 0.1) is 0 Å². The first-order valence-corrected chi connectivity index (χ1v) is 8.11. The van der Waals surface area contributed by atoms with E-state index in [0.717, 1.165) is 0 Å². The number of hydrogen-bond donors (Lipinski definition) is 3. The minimum absolute atomic E-state index is 0. The summed E-state index contributed by atoms with van der Waals surface area (Å²) in [6, 6.07) is 14.5. The highest BCUT2D eigenvalue weighted by molar-refractivity contribution is 14.0. The number of nitrogens with zero attached hydrogens (tertiary/aromatic N) is 1. The molecule has 0 saturated heterocycles. The maximum atomic E-state index is 11.9. The number of fused-ring (bicyclic) bond motifs is 1. The lowest BCUT2D eigenvalue weighted by atomic mass is 10.0. The lowest BCUT2D eigenvalue weighted by Crippen LogP contribution is -2.48. The topological polar surface area (TPSA) is 65.5 Å². The number of guanidine groups is 1. The van der Waals surface area contributed by atoms with Crippen molar-refractivity contribution in [3.63, 3.8) is 0 Å². The fourth-order valence-corrected chi connectivity index (χ4v) is 2.47. The molecule has 0 aromatic heterocycles. The van der Waals surface area contributed by atoms with E-state index < -0.39 is 0 Å². The van der Waals surface area contributed by atoms with Gasteiger partial charge in [0.25, 0.3) is 0 Å². The Balaban J connectivity index is 0.00000312. The summed E-state index contributed by atoms with van der Waals surface area (Å²) in [6.07, 6.45) is 0. The van der Waals surface area contributed by atoms with Crippen LogP contribution in [0.5, 0.6) is 0 Å². The van der Waals surface area contributed by atoms with Crippen LogP contribution in [0.2, 0.25) is 0 Å². The first kappa shape index (κ1) is 21.2. The molecule has 0 spiro atoms. The van der Waals surface area contributed by atoms with Gasteiger partial charge in [-0.2, -0.15) is 0 Å². The summed E-state index contributed by atoms with van der Waals surface area (Å²) in [5.41, 5.74) is 0.953. The second kappa shape index (κ2) is 9.60. The predicted molar refractivity (Wildman–Crippen MR) is 115 cm³/mol. The standard InChI is InChI=1S/C19H26N4O.HI/c1-19(2,3)23-17(24)13-22-18(20-4)21-12-15-10-7-9-14-8-5-6-11-16(14)15;/h5-11H,12-13H2,1-4H3,(H,23,24)(H2,20,21,22);1H. The second-order valence-corrected chi connectivity index (χ2v) is 6.72. The molecule has 0 saturated carbocycles. The highest BCUT2D eigenvalue weighted by Gasteiger charge is 2.13. The monoisotopic (exact) mass is 454 g/mol. The van der Waals surface area contributed by atoms with Crippen molar-refractivity contribution >= 4 is 46.6 Å². The highest BCUT2D eigenvalue weighted by atomic mass is 127. The normalized spacial score (nSPS) is 11.6. The van der Waals surface area contributed by atoms with Gasteiger partial charge in [0.2, 0.25) is 5.91 Å². The average molecular weight is 454 g/mol. The molecule has 0 aliphatic heterocycles. The van der Waals surface area contributed by atoms with Gasteiger partial charge in [-0.15, -0.1) is 24.0 Å². The Labute approximate surface area is 166 Å². The van der Waals surface area contributed by atoms with E-state index in [1.54, 1.807) is 7.05 Å². The van der Waals surface area contributed by atoms with Crippen molar-refractivity contribution < 1.29 is 4.79 Å². The molecule has 2 aromatic carbocycles. The molecule has 2 aromatic rings. The first-order chi connectivity index (χ1) is 11.4. The van der Waals surface area contributed by atoms with Crippen LogP contribution in [0.25, 0.3) is 10.8 Å². The molecule has 0 fully saturated rings. The van der Waals surface area contributed by atoms with Gasteiger partial charge in [-0.3, -0.25) is 9.79 Å². The number of benzene rings is 2. The second-order valence-electron chi connectivity index (χ2n) is 6.72. The Kier molecular flexibility index (Phi) is 8.15. The number of halogens is 1. The molecule has 0 heterocycles. The van der Waals surface area contributed by atoms with Crippen LogP contribution in [0.3, 0.4) is 0 Å². The fourth-order valence-electron chi connectivity index (χ4n) is 2.47. The third-order valence-corrected chi connectivity index (χ3v) is 3.48. The van der Waals surface area contributed by atoms with Crippen LogP contribution in [0.15, 0.2) is 47.5 Å². The minimum Gasteiger partial charge on any atom is -0.352 e. The van der Waals surface area contributed by atoms with Crippen molar-refractivity contribution in [3.05, 3.63) is 48.0 Å². The summed E-state index contributed by atoms with van der Waals surface area (Å²) in [5.74, 6) is 0.544. The maximum Gasteiger partial charge on any atom is 0.239 e. The molecule has 2 rings (SSSR count). The van der Waals surface area contributed by atoms with E-state index in [9.17, 15) is 4.79 Å². The molecule has 6 heteroatoms. The molecular formula is C19H27IN4O. The van der Waals surface area contributed by atoms with Crippen molar-refractivity contribution in [2.45, 2.75) is 32.9 Å². The molecule has 136 valence electrons. The van der Waals surface area contributed by atoms with Crippen LogP contribution in [-0.2, 0) is 11.3 Å². The van der Waals surface area contributed by atoms with E-state index in [1.165, 1.54) is 16.3 Å². The van der Waals surface area contributed by atoms with Gasteiger partial charge in [0, 0.05) is 19.1 Å². The van der Waals surface area contributed by atoms with Crippen LogP contribution in [-0.4, -0.2) is 31.0 Å². The summed E-state index contributed by atoms with van der Waals surface area (Å²) >= 11 is 0. The summed E-state index contributed by atoms with van der Waals surface area (Å²) in [4.78, 5) is 16.0. The number of carbonyl (C=O) groups is 1. The minimum atomic E-state index is -0.237. The number of carbonyl (C=O) groups excluding carboxylic acids is 1. The van der Waals surface area contributed by atoms with Gasteiger partial charge in [0.15, 0.2) is 5.96 Å². The Morgan fingerprint density at radius 3 is 2.40 bits per heavy atom. The van der Waals surface area contributed by atoms with Crippen LogP contribution in [0.1, 0.15) is 26.3 Å². The highest BCUT2D eigenvalue weighted by Crippen LogP contribution is 2.18. The Morgan fingerprint density at radius 2 is 1.72 bits per heavy atom.